The Balaban J connectivity index is 3.23. The molecule has 0 radical (unpaired) electrons. The zero-order valence-corrected chi connectivity index (χ0v) is 8.86. The van der Waals surface area contributed by atoms with E-state index in [4.69, 9.17) is 10.7 Å². The molecule has 0 saturated heterocycles. The van der Waals surface area contributed by atoms with E-state index < -0.39 is 26.9 Å². The summed E-state index contributed by atoms with van der Waals surface area (Å²) in [5.41, 5.74) is 0. The molecule has 0 N–H and O–H groups in total. The average molecular weight is 264 g/mol. The molecule has 1 aromatic heterocycles. The van der Waals surface area contributed by atoms with Gasteiger partial charge in [0, 0.05) is 10.7 Å². The predicted molar refractivity (Wildman–Crippen MR) is 43.9 cm³/mol. The molecule has 10 heteroatoms. The minimum atomic E-state index is -4.57. The van der Waals surface area contributed by atoms with Crippen LogP contribution in [0.25, 0.3) is 0 Å². The first kappa shape index (κ1) is 12.2. The highest BCUT2D eigenvalue weighted by Gasteiger charge is 2.32. The van der Waals surface area contributed by atoms with Crippen molar-refractivity contribution >= 4 is 19.7 Å². The number of hydrogen-bond acceptors (Lipinski definition) is 4. The molecule has 15 heavy (non-hydrogen) atoms. The lowest BCUT2D eigenvalue weighted by atomic mass is 10.6. The molecule has 0 spiro atoms. The van der Waals surface area contributed by atoms with E-state index in [1.807, 2.05) is 0 Å². The molecule has 0 amide bonds. The summed E-state index contributed by atoms with van der Waals surface area (Å²) in [4.78, 5) is 0. The molecular formula is C5H5ClF3N3O2S. The third-order valence-corrected chi connectivity index (χ3v) is 2.61. The second kappa shape index (κ2) is 3.63. The maximum Gasteiger partial charge on any atom is 0.406 e. The highest BCUT2D eigenvalue weighted by molar-refractivity contribution is 8.13. The summed E-state index contributed by atoms with van der Waals surface area (Å²) < 4.78 is 58.2. The third kappa shape index (κ3) is 3.06. The van der Waals surface area contributed by atoms with Crippen LogP contribution in [0.1, 0.15) is 5.82 Å². The SMILES string of the molecule is Cc1nnc(S(=O)(=O)Cl)n1CC(F)(F)F. The van der Waals surface area contributed by atoms with Crippen molar-refractivity contribution in [3.63, 3.8) is 0 Å². The van der Waals surface area contributed by atoms with Crippen molar-refractivity contribution in [3.8, 4) is 0 Å². The van der Waals surface area contributed by atoms with Gasteiger partial charge >= 0.3 is 6.18 Å². The van der Waals surface area contributed by atoms with Gasteiger partial charge in [-0.25, -0.2) is 8.42 Å². The average Bonchev–Trinajstić information content (AvgIpc) is 2.28. The van der Waals surface area contributed by atoms with E-state index in [9.17, 15) is 21.6 Å². The van der Waals surface area contributed by atoms with Gasteiger partial charge in [0.25, 0.3) is 14.2 Å². The number of nitrogens with zero attached hydrogens (tertiary/aromatic N) is 3. The molecule has 0 bridgehead atoms. The Morgan fingerprint density at radius 1 is 1.40 bits per heavy atom. The third-order valence-electron chi connectivity index (χ3n) is 1.46. The second-order valence-corrected chi connectivity index (χ2v) is 5.13. The van der Waals surface area contributed by atoms with Crippen LogP contribution < -0.4 is 0 Å². The van der Waals surface area contributed by atoms with E-state index in [0.717, 1.165) is 0 Å². The summed E-state index contributed by atoms with van der Waals surface area (Å²) in [6, 6.07) is 0. The van der Waals surface area contributed by atoms with Gasteiger partial charge in [0.15, 0.2) is 0 Å². The van der Waals surface area contributed by atoms with Crippen molar-refractivity contribution in [2.24, 2.45) is 0 Å². The van der Waals surface area contributed by atoms with E-state index in [1.54, 1.807) is 0 Å². The molecule has 1 heterocycles. The first-order valence-electron chi connectivity index (χ1n) is 3.52. The van der Waals surface area contributed by atoms with E-state index >= 15 is 0 Å². The standard InChI is InChI=1S/C5H5ClF3N3O2S/c1-3-10-11-4(15(6,13)14)12(3)2-5(7,8)9/h2H2,1H3. The smallest absolute Gasteiger partial charge is 0.292 e. The quantitative estimate of drug-likeness (QED) is 0.749. The Bertz CT molecular complexity index is 466. The Morgan fingerprint density at radius 3 is 2.33 bits per heavy atom. The van der Waals surface area contributed by atoms with E-state index in [2.05, 4.69) is 10.2 Å². The normalized spacial score (nSPS) is 13.1. The van der Waals surface area contributed by atoms with Gasteiger partial charge in [0.1, 0.15) is 12.4 Å². The van der Waals surface area contributed by atoms with Gasteiger partial charge < -0.3 is 0 Å². The molecule has 0 atom stereocenters. The lowest BCUT2D eigenvalue weighted by molar-refractivity contribution is -0.142. The first-order chi connectivity index (χ1) is 6.61. The molecule has 0 aliphatic rings. The Kier molecular flexibility index (Phi) is 2.97. The molecule has 1 aromatic rings. The fourth-order valence-corrected chi connectivity index (χ4v) is 1.84. The predicted octanol–water partition coefficient (Wildman–Crippen LogP) is 1.08. The van der Waals surface area contributed by atoms with Crippen LogP contribution in [0.2, 0.25) is 0 Å². The molecule has 0 aliphatic heterocycles. The van der Waals surface area contributed by atoms with E-state index in [0.29, 0.717) is 4.57 Å². The van der Waals surface area contributed by atoms with Gasteiger partial charge in [-0.05, 0) is 6.92 Å². The first-order valence-corrected chi connectivity index (χ1v) is 5.83. The minimum absolute atomic E-state index is 0.174. The minimum Gasteiger partial charge on any atom is -0.292 e. The van der Waals surface area contributed by atoms with Crippen LogP contribution in [-0.2, 0) is 15.6 Å². The maximum atomic E-state index is 12.1. The summed E-state index contributed by atoms with van der Waals surface area (Å²) in [5, 5.41) is 5.38. The molecule has 1 rings (SSSR count). The maximum absolute atomic E-state index is 12.1. The van der Waals surface area contributed by atoms with Crippen molar-refractivity contribution < 1.29 is 21.6 Å². The topological polar surface area (TPSA) is 64.8 Å². The summed E-state index contributed by atoms with van der Waals surface area (Å²) in [6.45, 7) is -0.294. The van der Waals surface area contributed by atoms with Crippen LogP contribution in [0.4, 0.5) is 13.2 Å². The van der Waals surface area contributed by atoms with Gasteiger partial charge in [-0.15, -0.1) is 10.2 Å². The number of aromatic nitrogens is 3. The van der Waals surface area contributed by atoms with Gasteiger partial charge in [-0.3, -0.25) is 4.57 Å². The monoisotopic (exact) mass is 263 g/mol. The molecule has 0 aliphatic carbocycles. The van der Waals surface area contributed by atoms with Crippen molar-refractivity contribution in [2.45, 2.75) is 24.8 Å². The van der Waals surface area contributed by atoms with Gasteiger partial charge in [-0.1, -0.05) is 0 Å². The van der Waals surface area contributed by atoms with Gasteiger partial charge in [0.2, 0.25) is 0 Å². The fraction of sp³-hybridized carbons (Fsp3) is 0.600. The molecular weight excluding hydrogens is 259 g/mol. The Morgan fingerprint density at radius 2 is 1.93 bits per heavy atom. The highest BCUT2D eigenvalue weighted by Crippen LogP contribution is 2.22. The van der Waals surface area contributed by atoms with E-state index in [-0.39, 0.29) is 5.82 Å². The van der Waals surface area contributed by atoms with Crippen LogP contribution in [-0.4, -0.2) is 29.4 Å². The zero-order valence-electron chi connectivity index (χ0n) is 7.29. The van der Waals surface area contributed by atoms with Crippen molar-refractivity contribution in [2.75, 3.05) is 0 Å². The van der Waals surface area contributed by atoms with Crippen LogP contribution >= 0.6 is 10.7 Å². The Labute approximate surface area is 87.3 Å². The van der Waals surface area contributed by atoms with Crippen molar-refractivity contribution in [1.29, 1.82) is 0 Å². The van der Waals surface area contributed by atoms with Crippen LogP contribution in [0, 0.1) is 6.92 Å². The number of halogens is 4. The summed E-state index contributed by atoms with van der Waals surface area (Å²) in [7, 11) is 0.564. The summed E-state index contributed by atoms with van der Waals surface area (Å²) in [6.07, 6.45) is -4.57. The van der Waals surface area contributed by atoms with Gasteiger partial charge in [0.05, 0.1) is 0 Å². The number of alkyl halides is 3. The molecule has 0 fully saturated rings. The molecule has 5 nitrogen and oxygen atoms in total. The fourth-order valence-electron chi connectivity index (χ4n) is 0.903. The van der Waals surface area contributed by atoms with Crippen LogP contribution in [0.3, 0.4) is 0 Å². The molecule has 0 aromatic carbocycles. The second-order valence-electron chi connectivity index (χ2n) is 2.67. The number of aryl methyl sites for hydroxylation is 1. The molecule has 0 saturated carbocycles. The van der Waals surface area contributed by atoms with E-state index in [1.165, 1.54) is 6.92 Å². The van der Waals surface area contributed by atoms with Crippen LogP contribution in [0.5, 0.6) is 0 Å². The lowest BCUT2D eigenvalue weighted by Gasteiger charge is -2.09. The number of rotatable bonds is 2. The Hall–Kier alpha value is -0.830. The summed E-state index contributed by atoms with van der Waals surface area (Å²) in [5.74, 6) is -0.174. The summed E-state index contributed by atoms with van der Waals surface area (Å²) >= 11 is 0. The number of hydrogen-bond donors (Lipinski definition) is 0. The zero-order chi connectivity index (χ0) is 11.9. The largest absolute Gasteiger partial charge is 0.406 e. The lowest BCUT2D eigenvalue weighted by Crippen LogP contribution is -2.21. The van der Waals surface area contributed by atoms with Crippen molar-refractivity contribution in [1.82, 2.24) is 14.8 Å². The van der Waals surface area contributed by atoms with Gasteiger partial charge in [-0.2, -0.15) is 13.2 Å². The van der Waals surface area contributed by atoms with Crippen LogP contribution in [0.15, 0.2) is 5.16 Å². The molecule has 86 valence electrons. The highest BCUT2D eigenvalue weighted by atomic mass is 35.7. The van der Waals surface area contributed by atoms with Crippen molar-refractivity contribution in [3.05, 3.63) is 5.82 Å². The molecule has 0 unspecified atom stereocenters.